The fourth-order valence-electron chi connectivity index (χ4n) is 2.03. The quantitative estimate of drug-likeness (QED) is 0.880. The van der Waals surface area contributed by atoms with Gasteiger partial charge in [0.2, 0.25) is 10.0 Å². The molecular formula is C14H19N3O2S2. The molecule has 0 aliphatic rings. The highest BCUT2D eigenvalue weighted by Crippen LogP contribution is 2.21. The van der Waals surface area contributed by atoms with Gasteiger partial charge in [-0.05, 0) is 43.5 Å². The van der Waals surface area contributed by atoms with E-state index in [-0.39, 0.29) is 11.4 Å². The first-order valence-electron chi connectivity index (χ1n) is 6.54. The van der Waals surface area contributed by atoms with Crippen LogP contribution in [0, 0.1) is 20.8 Å². The number of aromatic nitrogens is 1. The normalized spacial score (nSPS) is 11.8. The number of hydrogen-bond acceptors (Lipinski definition) is 5. The summed E-state index contributed by atoms with van der Waals surface area (Å²) in [5.74, 6) is 0. The summed E-state index contributed by atoms with van der Waals surface area (Å²) in [5, 5.41) is 2.77. The summed E-state index contributed by atoms with van der Waals surface area (Å²) in [5.41, 5.74) is 8.82. The van der Waals surface area contributed by atoms with Gasteiger partial charge < -0.3 is 5.73 Å². The average molecular weight is 325 g/mol. The van der Waals surface area contributed by atoms with E-state index < -0.39 is 10.0 Å². The molecule has 1 aromatic carbocycles. The molecule has 0 aliphatic heterocycles. The molecule has 3 N–H and O–H groups in total. The molecule has 7 heteroatoms. The Hall–Kier alpha value is -1.28. The fourth-order valence-corrected chi connectivity index (χ4v) is 4.01. The number of rotatable bonds is 5. The molecule has 0 atom stereocenters. The van der Waals surface area contributed by atoms with E-state index in [1.54, 1.807) is 13.0 Å². The van der Waals surface area contributed by atoms with Gasteiger partial charge in [-0.25, -0.2) is 18.1 Å². The Labute approximate surface area is 129 Å². The number of hydrogen-bond donors (Lipinski definition) is 2. The average Bonchev–Trinajstić information content (AvgIpc) is 2.85. The molecule has 0 bridgehead atoms. The Morgan fingerprint density at radius 3 is 2.57 bits per heavy atom. The van der Waals surface area contributed by atoms with Crippen LogP contribution in [0.3, 0.4) is 0 Å². The molecule has 0 aliphatic carbocycles. The van der Waals surface area contributed by atoms with Gasteiger partial charge in [-0.1, -0.05) is 6.07 Å². The standard InChI is InChI=1S/C14H19N3O2S2/c1-9-4-12(6-15)5-14(10(9)2)21(18,19)16-7-13-8-20-11(3)17-13/h4-5,8,16H,6-7,15H2,1-3H3. The Morgan fingerprint density at radius 2 is 2.00 bits per heavy atom. The summed E-state index contributed by atoms with van der Waals surface area (Å²) >= 11 is 1.50. The number of nitrogens with one attached hydrogen (secondary N) is 1. The van der Waals surface area contributed by atoms with Crippen LogP contribution >= 0.6 is 11.3 Å². The molecule has 0 saturated carbocycles. The minimum atomic E-state index is -3.58. The number of aryl methyl sites for hydroxylation is 2. The third-order valence-electron chi connectivity index (χ3n) is 3.31. The van der Waals surface area contributed by atoms with E-state index in [1.807, 2.05) is 25.3 Å². The second-order valence-corrected chi connectivity index (χ2v) is 7.72. The maximum absolute atomic E-state index is 12.5. The summed E-state index contributed by atoms with van der Waals surface area (Å²) in [4.78, 5) is 4.54. The van der Waals surface area contributed by atoms with Crippen molar-refractivity contribution >= 4 is 21.4 Å². The van der Waals surface area contributed by atoms with Crippen LogP contribution in [0.25, 0.3) is 0 Å². The Kier molecular flexibility index (Phi) is 4.77. The SMILES string of the molecule is Cc1nc(CNS(=O)(=O)c2cc(CN)cc(C)c2C)cs1. The largest absolute Gasteiger partial charge is 0.326 e. The van der Waals surface area contributed by atoms with Crippen molar-refractivity contribution in [1.82, 2.24) is 9.71 Å². The predicted molar refractivity (Wildman–Crippen MR) is 84.7 cm³/mol. The molecule has 1 aromatic heterocycles. The van der Waals surface area contributed by atoms with Crippen molar-refractivity contribution in [3.05, 3.63) is 44.9 Å². The smallest absolute Gasteiger partial charge is 0.241 e. The second-order valence-electron chi connectivity index (χ2n) is 4.92. The van der Waals surface area contributed by atoms with Crippen LogP contribution in [-0.4, -0.2) is 13.4 Å². The first kappa shape index (κ1) is 16.1. The fraction of sp³-hybridized carbons (Fsp3) is 0.357. The number of nitrogens with zero attached hydrogens (tertiary/aromatic N) is 1. The molecule has 21 heavy (non-hydrogen) atoms. The Bertz CT molecular complexity index is 752. The van der Waals surface area contributed by atoms with E-state index in [0.29, 0.717) is 6.54 Å². The van der Waals surface area contributed by atoms with Crippen molar-refractivity contribution in [2.75, 3.05) is 0 Å². The van der Waals surface area contributed by atoms with E-state index in [4.69, 9.17) is 5.73 Å². The topological polar surface area (TPSA) is 85.1 Å². The summed E-state index contributed by atoms with van der Waals surface area (Å²) in [7, 11) is -3.58. The maximum Gasteiger partial charge on any atom is 0.241 e. The number of sulfonamides is 1. The Morgan fingerprint density at radius 1 is 1.29 bits per heavy atom. The van der Waals surface area contributed by atoms with Crippen LogP contribution in [0.5, 0.6) is 0 Å². The highest BCUT2D eigenvalue weighted by atomic mass is 32.2. The van der Waals surface area contributed by atoms with E-state index in [0.717, 1.165) is 27.4 Å². The van der Waals surface area contributed by atoms with E-state index in [9.17, 15) is 8.42 Å². The molecule has 2 rings (SSSR count). The van der Waals surface area contributed by atoms with E-state index in [2.05, 4.69) is 9.71 Å². The molecule has 114 valence electrons. The lowest BCUT2D eigenvalue weighted by molar-refractivity contribution is 0.579. The zero-order chi connectivity index (χ0) is 15.6. The second kappa shape index (κ2) is 6.23. The molecule has 0 fully saturated rings. The Balaban J connectivity index is 2.29. The van der Waals surface area contributed by atoms with E-state index in [1.165, 1.54) is 11.3 Å². The summed E-state index contributed by atoms with van der Waals surface area (Å²) in [6, 6.07) is 3.55. The van der Waals surface area contributed by atoms with Crippen LogP contribution in [0.1, 0.15) is 27.4 Å². The lowest BCUT2D eigenvalue weighted by atomic mass is 10.1. The lowest BCUT2D eigenvalue weighted by Gasteiger charge is -2.12. The number of benzene rings is 1. The first-order chi connectivity index (χ1) is 9.83. The van der Waals surface area contributed by atoms with Crippen LogP contribution in [-0.2, 0) is 23.1 Å². The molecule has 0 spiro atoms. The number of nitrogens with two attached hydrogens (primary N) is 1. The van der Waals surface area contributed by atoms with Crippen molar-refractivity contribution < 1.29 is 8.42 Å². The minimum absolute atomic E-state index is 0.192. The van der Waals surface area contributed by atoms with Crippen molar-refractivity contribution in [3.8, 4) is 0 Å². The molecular weight excluding hydrogens is 306 g/mol. The van der Waals surface area contributed by atoms with Gasteiger partial charge >= 0.3 is 0 Å². The zero-order valence-electron chi connectivity index (χ0n) is 12.3. The predicted octanol–water partition coefficient (Wildman–Crippen LogP) is 2.01. The highest BCUT2D eigenvalue weighted by molar-refractivity contribution is 7.89. The van der Waals surface area contributed by atoms with E-state index >= 15 is 0 Å². The van der Waals surface area contributed by atoms with Gasteiger partial charge in [0.25, 0.3) is 0 Å². The zero-order valence-corrected chi connectivity index (χ0v) is 13.9. The maximum atomic E-state index is 12.5. The molecule has 5 nitrogen and oxygen atoms in total. The van der Waals surface area contributed by atoms with Crippen LogP contribution in [0.4, 0.5) is 0 Å². The highest BCUT2D eigenvalue weighted by Gasteiger charge is 2.19. The van der Waals surface area contributed by atoms with Crippen LogP contribution in [0.2, 0.25) is 0 Å². The molecule has 0 saturated heterocycles. The van der Waals surface area contributed by atoms with Gasteiger partial charge in [-0.2, -0.15) is 0 Å². The van der Waals surface area contributed by atoms with Gasteiger partial charge in [0.05, 0.1) is 22.1 Å². The van der Waals surface area contributed by atoms with Crippen molar-refractivity contribution in [2.45, 2.75) is 38.8 Å². The lowest BCUT2D eigenvalue weighted by Crippen LogP contribution is -2.24. The van der Waals surface area contributed by atoms with Gasteiger partial charge in [0.15, 0.2) is 0 Å². The van der Waals surface area contributed by atoms with Gasteiger partial charge in [-0.15, -0.1) is 11.3 Å². The molecule has 0 radical (unpaired) electrons. The molecule has 0 unspecified atom stereocenters. The monoisotopic (exact) mass is 325 g/mol. The molecule has 2 aromatic rings. The van der Waals surface area contributed by atoms with Gasteiger partial charge in [0, 0.05) is 11.9 Å². The van der Waals surface area contributed by atoms with Crippen LogP contribution in [0.15, 0.2) is 22.4 Å². The summed E-state index contributed by atoms with van der Waals surface area (Å²) < 4.78 is 27.6. The number of thiazole rings is 1. The third-order valence-corrected chi connectivity index (χ3v) is 5.66. The van der Waals surface area contributed by atoms with Crippen molar-refractivity contribution in [2.24, 2.45) is 5.73 Å². The van der Waals surface area contributed by atoms with Crippen LogP contribution < -0.4 is 10.5 Å². The third kappa shape index (κ3) is 3.68. The molecule has 0 amide bonds. The summed E-state index contributed by atoms with van der Waals surface area (Å²) in [6.45, 7) is 6.09. The molecule has 1 heterocycles. The van der Waals surface area contributed by atoms with Crippen molar-refractivity contribution in [1.29, 1.82) is 0 Å². The summed E-state index contributed by atoms with van der Waals surface area (Å²) in [6.07, 6.45) is 0. The van der Waals surface area contributed by atoms with Gasteiger partial charge in [0.1, 0.15) is 0 Å². The van der Waals surface area contributed by atoms with Crippen molar-refractivity contribution in [3.63, 3.8) is 0 Å². The minimum Gasteiger partial charge on any atom is -0.326 e. The first-order valence-corrected chi connectivity index (χ1v) is 8.90. The van der Waals surface area contributed by atoms with Gasteiger partial charge in [-0.3, -0.25) is 0 Å².